The Morgan fingerprint density at radius 2 is 1.73 bits per heavy atom. The van der Waals surface area contributed by atoms with Gasteiger partial charge in [-0.25, -0.2) is 0 Å². The molecule has 0 bridgehead atoms. The number of nitrogens with two attached hydrogens (primary N) is 1. The maximum Gasteiger partial charge on any atom is 0.115 e. The van der Waals surface area contributed by atoms with Crippen LogP contribution in [-0.2, 0) is 6.42 Å². The maximum atomic E-state index is 9.16. The molecule has 0 spiro atoms. The van der Waals surface area contributed by atoms with E-state index in [0.717, 1.165) is 12.8 Å². The Morgan fingerprint density at radius 1 is 1.13 bits per heavy atom. The molecule has 0 aromatic heterocycles. The summed E-state index contributed by atoms with van der Waals surface area (Å²) in [6.07, 6.45) is 7.00. The average Bonchev–Trinajstić information content (AvgIpc) is 2.65. The van der Waals surface area contributed by atoms with Crippen LogP contribution in [-0.4, -0.2) is 10.6 Å². The van der Waals surface area contributed by atoms with Crippen molar-refractivity contribution in [3.8, 4) is 5.75 Å². The Kier molecular flexibility index (Phi) is 2.96. The van der Waals surface area contributed by atoms with Crippen molar-refractivity contribution in [2.45, 2.75) is 44.1 Å². The van der Waals surface area contributed by atoms with Gasteiger partial charge in [-0.15, -0.1) is 0 Å². The number of hydrogen-bond acceptors (Lipinski definition) is 2. The van der Waals surface area contributed by atoms with E-state index in [4.69, 9.17) is 10.8 Å². The number of aromatic hydroxyl groups is 1. The predicted molar refractivity (Wildman–Crippen MR) is 61.8 cm³/mol. The van der Waals surface area contributed by atoms with Gasteiger partial charge < -0.3 is 10.8 Å². The molecule has 1 saturated carbocycles. The Labute approximate surface area is 91.1 Å². The monoisotopic (exact) mass is 205 g/mol. The fraction of sp³-hybridized carbons (Fsp3) is 0.538. The van der Waals surface area contributed by atoms with Crippen molar-refractivity contribution in [1.82, 2.24) is 0 Å². The Bertz CT molecular complexity index is 312. The van der Waals surface area contributed by atoms with Gasteiger partial charge in [0.2, 0.25) is 0 Å². The van der Waals surface area contributed by atoms with Crippen molar-refractivity contribution in [2.75, 3.05) is 0 Å². The van der Waals surface area contributed by atoms with Gasteiger partial charge in [-0.3, -0.25) is 0 Å². The number of hydrogen-bond donors (Lipinski definition) is 2. The van der Waals surface area contributed by atoms with Gasteiger partial charge in [-0.1, -0.05) is 25.0 Å². The number of rotatable bonds is 3. The number of phenols is 1. The van der Waals surface area contributed by atoms with Crippen LogP contribution in [0.4, 0.5) is 0 Å². The summed E-state index contributed by atoms with van der Waals surface area (Å²) in [7, 11) is 0. The average molecular weight is 205 g/mol. The van der Waals surface area contributed by atoms with Gasteiger partial charge in [0.25, 0.3) is 0 Å². The second kappa shape index (κ2) is 4.23. The summed E-state index contributed by atoms with van der Waals surface area (Å²) in [4.78, 5) is 0. The summed E-state index contributed by atoms with van der Waals surface area (Å²) in [5.74, 6) is 0.335. The summed E-state index contributed by atoms with van der Waals surface area (Å²) in [5.41, 5.74) is 7.64. The van der Waals surface area contributed by atoms with Crippen LogP contribution in [0.15, 0.2) is 24.3 Å². The van der Waals surface area contributed by atoms with Crippen LogP contribution in [0.2, 0.25) is 0 Å². The van der Waals surface area contributed by atoms with Crippen molar-refractivity contribution in [3.63, 3.8) is 0 Å². The van der Waals surface area contributed by atoms with Crippen LogP contribution in [0.3, 0.4) is 0 Å². The minimum Gasteiger partial charge on any atom is -0.508 e. The molecule has 2 nitrogen and oxygen atoms in total. The molecule has 0 unspecified atom stereocenters. The lowest BCUT2D eigenvalue weighted by atomic mass is 9.91. The standard InChI is InChI=1S/C13H19NO/c14-13(8-1-2-9-13)10-7-11-3-5-12(15)6-4-11/h3-6,15H,1-2,7-10,14H2. The molecule has 0 amide bonds. The van der Waals surface area contributed by atoms with E-state index in [1.807, 2.05) is 12.1 Å². The predicted octanol–water partition coefficient (Wildman–Crippen LogP) is 2.60. The first kappa shape index (κ1) is 10.5. The minimum atomic E-state index is 0.0812. The van der Waals surface area contributed by atoms with Crippen LogP contribution in [0.5, 0.6) is 5.75 Å². The first-order chi connectivity index (χ1) is 7.18. The smallest absolute Gasteiger partial charge is 0.115 e. The van der Waals surface area contributed by atoms with Crippen LogP contribution in [0.25, 0.3) is 0 Å². The molecule has 1 aliphatic rings. The van der Waals surface area contributed by atoms with Crippen molar-refractivity contribution >= 4 is 0 Å². The van der Waals surface area contributed by atoms with E-state index in [9.17, 15) is 0 Å². The molecule has 0 heterocycles. The summed E-state index contributed by atoms with van der Waals surface area (Å²) in [6, 6.07) is 7.45. The lowest BCUT2D eigenvalue weighted by Crippen LogP contribution is -2.36. The van der Waals surface area contributed by atoms with E-state index in [0.29, 0.717) is 5.75 Å². The fourth-order valence-corrected chi connectivity index (χ4v) is 2.39. The van der Waals surface area contributed by atoms with Crippen molar-refractivity contribution in [2.24, 2.45) is 5.73 Å². The first-order valence-corrected chi connectivity index (χ1v) is 5.75. The largest absolute Gasteiger partial charge is 0.508 e. The highest BCUT2D eigenvalue weighted by atomic mass is 16.3. The molecule has 1 fully saturated rings. The molecule has 0 saturated heterocycles. The Balaban J connectivity index is 1.90. The molecular formula is C13H19NO. The van der Waals surface area contributed by atoms with Gasteiger partial charge in [0.05, 0.1) is 0 Å². The third-order valence-corrected chi connectivity index (χ3v) is 3.45. The third kappa shape index (κ3) is 2.72. The SMILES string of the molecule is NC1(CCc2ccc(O)cc2)CCCC1. The van der Waals surface area contributed by atoms with Crippen molar-refractivity contribution in [3.05, 3.63) is 29.8 Å². The van der Waals surface area contributed by atoms with Gasteiger partial charge in [-0.2, -0.15) is 0 Å². The van der Waals surface area contributed by atoms with Gasteiger partial charge >= 0.3 is 0 Å². The highest BCUT2D eigenvalue weighted by Crippen LogP contribution is 2.31. The van der Waals surface area contributed by atoms with Crippen LogP contribution in [0.1, 0.15) is 37.7 Å². The molecule has 1 aliphatic carbocycles. The molecule has 82 valence electrons. The Hall–Kier alpha value is -1.02. The van der Waals surface area contributed by atoms with Crippen LogP contribution >= 0.6 is 0 Å². The molecular weight excluding hydrogens is 186 g/mol. The number of benzene rings is 1. The van der Waals surface area contributed by atoms with E-state index < -0.39 is 0 Å². The summed E-state index contributed by atoms with van der Waals surface area (Å²) >= 11 is 0. The summed E-state index contributed by atoms with van der Waals surface area (Å²) < 4.78 is 0. The molecule has 0 radical (unpaired) electrons. The van der Waals surface area contributed by atoms with Gasteiger partial charge in [-0.05, 0) is 43.4 Å². The van der Waals surface area contributed by atoms with Gasteiger partial charge in [0, 0.05) is 5.54 Å². The lowest BCUT2D eigenvalue weighted by molar-refractivity contribution is 0.406. The normalized spacial score (nSPS) is 19.3. The van der Waals surface area contributed by atoms with Crippen LogP contribution < -0.4 is 5.73 Å². The highest BCUT2D eigenvalue weighted by Gasteiger charge is 2.28. The second-order valence-electron chi connectivity index (χ2n) is 4.74. The molecule has 0 atom stereocenters. The fourth-order valence-electron chi connectivity index (χ4n) is 2.39. The number of aryl methyl sites for hydroxylation is 1. The summed E-state index contributed by atoms with van der Waals surface area (Å²) in [6.45, 7) is 0. The number of phenolic OH excluding ortho intramolecular Hbond substituents is 1. The topological polar surface area (TPSA) is 46.2 Å². The van der Waals surface area contributed by atoms with Crippen LogP contribution in [0, 0.1) is 0 Å². The summed E-state index contributed by atoms with van der Waals surface area (Å²) in [5, 5.41) is 9.16. The van der Waals surface area contributed by atoms with Gasteiger partial charge in [0.1, 0.15) is 5.75 Å². The van der Waals surface area contributed by atoms with Gasteiger partial charge in [0.15, 0.2) is 0 Å². The minimum absolute atomic E-state index is 0.0812. The van der Waals surface area contributed by atoms with Crippen molar-refractivity contribution < 1.29 is 5.11 Å². The van der Waals surface area contributed by atoms with E-state index in [1.165, 1.54) is 31.2 Å². The zero-order chi connectivity index (χ0) is 10.7. The van der Waals surface area contributed by atoms with E-state index in [-0.39, 0.29) is 5.54 Å². The Morgan fingerprint density at radius 3 is 2.33 bits per heavy atom. The molecule has 1 aromatic rings. The molecule has 2 heteroatoms. The van der Waals surface area contributed by atoms with E-state index >= 15 is 0 Å². The quantitative estimate of drug-likeness (QED) is 0.796. The molecule has 0 aliphatic heterocycles. The maximum absolute atomic E-state index is 9.16. The van der Waals surface area contributed by atoms with E-state index in [2.05, 4.69) is 0 Å². The molecule has 15 heavy (non-hydrogen) atoms. The van der Waals surface area contributed by atoms with E-state index in [1.54, 1.807) is 12.1 Å². The lowest BCUT2D eigenvalue weighted by Gasteiger charge is -2.23. The first-order valence-electron chi connectivity index (χ1n) is 5.75. The molecule has 1 aromatic carbocycles. The molecule has 2 rings (SSSR count). The third-order valence-electron chi connectivity index (χ3n) is 3.45. The zero-order valence-electron chi connectivity index (χ0n) is 9.08. The second-order valence-corrected chi connectivity index (χ2v) is 4.74. The molecule has 3 N–H and O–H groups in total. The zero-order valence-corrected chi connectivity index (χ0v) is 9.08. The van der Waals surface area contributed by atoms with Crippen molar-refractivity contribution in [1.29, 1.82) is 0 Å². The highest BCUT2D eigenvalue weighted by molar-refractivity contribution is 5.26.